The van der Waals surface area contributed by atoms with Crippen LogP contribution in [0.1, 0.15) is 28.7 Å². The van der Waals surface area contributed by atoms with Crippen LogP contribution in [0.5, 0.6) is 0 Å². The lowest BCUT2D eigenvalue weighted by Crippen LogP contribution is -2.28. The van der Waals surface area contributed by atoms with Crippen LogP contribution < -0.4 is 5.73 Å². The minimum atomic E-state index is -3.97. The number of carbonyl (C=O) groups excluding carboxylic acids is 1. The largest absolute Gasteiger partial charge is 0.390 e. The Morgan fingerprint density at radius 3 is 2.73 bits per heavy atom. The van der Waals surface area contributed by atoms with Gasteiger partial charge in [0.05, 0.1) is 23.8 Å². The predicted molar refractivity (Wildman–Crippen MR) is 87.4 cm³/mol. The molecule has 1 aromatic heterocycles. The summed E-state index contributed by atoms with van der Waals surface area (Å²) >= 11 is 0. The summed E-state index contributed by atoms with van der Waals surface area (Å²) in [4.78, 5) is 12.2. The fraction of sp³-hybridized carbons (Fsp3) is 0.400. The van der Waals surface area contributed by atoms with E-state index in [1.165, 1.54) is 18.3 Å². The van der Waals surface area contributed by atoms with Gasteiger partial charge in [0, 0.05) is 6.42 Å². The molecule has 3 rings (SSSR count). The fourth-order valence-electron chi connectivity index (χ4n) is 2.46. The normalized spacial score (nSPS) is 23.2. The minimum Gasteiger partial charge on any atom is -0.390 e. The molecular weight excluding hydrogens is 364 g/mol. The second-order valence-electron chi connectivity index (χ2n) is 5.90. The number of ether oxygens (including phenoxy) is 1. The van der Waals surface area contributed by atoms with Crippen molar-refractivity contribution >= 4 is 16.0 Å². The van der Waals surface area contributed by atoms with E-state index >= 15 is 0 Å². The number of carbonyl (C=O) groups is 1. The van der Waals surface area contributed by atoms with E-state index in [2.05, 4.69) is 10.2 Å². The number of benzene rings is 1. The zero-order valence-corrected chi connectivity index (χ0v) is 14.7. The van der Waals surface area contributed by atoms with Crippen molar-refractivity contribution in [2.75, 3.05) is 6.61 Å². The molecule has 0 bridgehead atoms. The predicted octanol–water partition coefficient (Wildman–Crippen LogP) is -0.261. The second kappa shape index (κ2) is 7.11. The molecule has 1 amide bonds. The van der Waals surface area contributed by atoms with Crippen LogP contribution in [0.2, 0.25) is 0 Å². The van der Waals surface area contributed by atoms with E-state index in [1.54, 1.807) is 12.1 Å². The molecule has 1 fully saturated rings. The molecule has 140 valence electrons. The van der Waals surface area contributed by atoms with Gasteiger partial charge in [0.15, 0.2) is 11.9 Å². The number of hydrogen-bond acceptors (Lipinski definition) is 8. The van der Waals surface area contributed by atoms with Crippen LogP contribution in [-0.4, -0.2) is 53.2 Å². The van der Waals surface area contributed by atoms with Crippen molar-refractivity contribution < 1.29 is 27.2 Å². The molecule has 0 aliphatic carbocycles. The first-order chi connectivity index (χ1) is 12.3. The van der Waals surface area contributed by atoms with E-state index in [9.17, 15) is 18.3 Å². The Morgan fingerprint density at radius 1 is 1.42 bits per heavy atom. The van der Waals surface area contributed by atoms with Crippen LogP contribution in [0, 0.1) is 6.92 Å². The third-order valence-corrected chi connectivity index (χ3v) is 5.22. The van der Waals surface area contributed by atoms with E-state index in [0.29, 0.717) is 0 Å². The monoisotopic (exact) mass is 382 g/mol. The minimum absolute atomic E-state index is 0.0204. The van der Waals surface area contributed by atoms with Crippen LogP contribution in [0.15, 0.2) is 35.4 Å². The van der Waals surface area contributed by atoms with Crippen molar-refractivity contribution in [3.63, 3.8) is 0 Å². The highest BCUT2D eigenvalue weighted by Crippen LogP contribution is 2.28. The van der Waals surface area contributed by atoms with E-state index < -0.39 is 34.5 Å². The Labute approximate surface area is 149 Å². The summed E-state index contributed by atoms with van der Waals surface area (Å²) in [6, 6.07) is 6.20. The van der Waals surface area contributed by atoms with Crippen molar-refractivity contribution in [1.29, 1.82) is 0 Å². The number of aryl methyl sites for hydroxylation is 1. The van der Waals surface area contributed by atoms with Crippen LogP contribution in [-0.2, 0) is 19.0 Å². The smallest absolute Gasteiger partial charge is 0.297 e. The summed E-state index contributed by atoms with van der Waals surface area (Å²) in [6.07, 6.45) is -1.32. The Kier molecular flexibility index (Phi) is 5.05. The summed E-state index contributed by atoms with van der Waals surface area (Å²) in [6.45, 7) is 1.48. The van der Waals surface area contributed by atoms with Gasteiger partial charge >= 0.3 is 0 Å². The molecule has 3 atom stereocenters. The highest BCUT2D eigenvalue weighted by Gasteiger charge is 2.37. The zero-order chi connectivity index (χ0) is 18.9. The SMILES string of the molecule is Cc1ccc(S(=O)(=O)OC[C@H]2O[C@@H](n3ncc(C(N)=O)n3)C[C@@H]2O)cc1. The fourth-order valence-corrected chi connectivity index (χ4v) is 3.38. The van der Waals surface area contributed by atoms with E-state index in [1.807, 2.05) is 6.92 Å². The lowest BCUT2D eigenvalue weighted by atomic mass is 10.2. The van der Waals surface area contributed by atoms with Gasteiger partial charge in [0.1, 0.15) is 6.10 Å². The molecule has 2 aromatic rings. The molecule has 0 radical (unpaired) electrons. The van der Waals surface area contributed by atoms with E-state index in [4.69, 9.17) is 14.7 Å². The molecular formula is C15H18N4O6S. The molecule has 0 saturated carbocycles. The number of nitrogens with zero attached hydrogens (tertiary/aromatic N) is 3. The second-order valence-corrected chi connectivity index (χ2v) is 7.51. The van der Waals surface area contributed by atoms with Crippen LogP contribution in [0.25, 0.3) is 0 Å². The maximum Gasteiger partial charge on any atom is 0.297 e. The molecule has 26 heavy (non-hydrogen) atoms. The summed E-state index contributed by atoms with van der Waals surface area (Å²) in [5.74, 6) is -0.737. The average molecular weight is 382 g/mol. The molecule has 1 aromatic carbocycles. The first-order valence-electron chi connectivity index (χ1n) is 7.77. The third-order valence-electron chi connectivity index (χ3n) is 3.92. The van der Waals surface area contributed by atoms with Crippen LogP contribution >= 0.6 is 0 Å². The molecule has 0 spiro atoms. The number of aliphatic hydroxyl groups is 1. The van der Waals surface area contributed by atoms with Gasteiger partial charge in [-0.15, -0.1) is 5.10 Å². The number of primary amides is 1. The number of rotatable bonds is 6. The first-order valence-corrected chi connectivity index (χ1v) is 9.18. The maximum atomic E-state index is 12.2. The van der Waals surface area contributed by atoms with Gasteiger partial charge in [-0.25, -0.2) is 0 Å². The van der Waals surface area contributed by atoms with Crippen molar-refractivity contribution in [3.05, 3.63) is 41.7 Å². The molecule has 1 aliphatic heterocycles. The van der Waals surface area contributed by atoms with Gasteiger partial charge in [-0.3, -0.25) is 8.98 Å². The molecule has 2 heterocycles. The molecule has 0 unspecified atom stereocenters. The van der Waals surface area contributed by atoms with Gasteiger partial charge in [-0.1, -0.05) is 17.7 Å². The summed E-state index contributed by atoms with van der Waals surface area (Å²) in [5.41, 5.74) is 5.99. The van der Waals surface area contributed by atoms with Crippen molar-refractivity contribution in [2.45, 2.75) is 36.7 Å². The quantitative estimate of drug-likeness (QED) is 0.650. The number of nitrogens with two attached hydrogens (primary N) is 1. The van der Waals surface area contributed by atoms with Gasteiger partial charge < -0.3 is 15.6 Å². The van der Waals surface area contributed by atoms with Gasteiger partial charge in [-0.05, 0) is 19.1 Å². The Balaban J connectivity index is 1.63. The van der Waals surface area contributed by atoms with Gasteiger partial charge in [0.25, 0.3) is 16.0 Å². The molecule has 1 saturated heterocycles. The Bertz CT molecular complexity index is 895. The average Bonchev–Trinajstić information content (AvgIpc) is 3.20. The highest BCUT2D eigenvalue weighted by atomic mass is 32.2. The summed E-state index contributed by atoms with van der Waals surface area (Å²) in [5, 5.41) is 17.8. The standard InChI is InChI=1S/C15H18N4O6S/c1-9-2-4-10(5-3-9)26(22,23)24-8-13-12(20)6-14(25-13)19-17-7-11(18-19)15(16)21/h2-5,7,12-14,20H,6,8H2,1H3,(H2,16,21)/t12-,13+,14+/m0/s1. The third kappa shape index (κ3) is 3.90. The number of hydrogen-bond donors (Lipinski definition) is 2. The van der Waals surface area contributed by atoms with Crippen LogP contribution in [0.4, 0.5) is 0 Å². The van der Waals surface area contributed by atoms with Crippen molar-refractivity contribution in [3.8, 4) is 0 Å². The molecule has 3 N–H and O–H groups in total. The van der Waals surface area contributed by atoms with E-state index in [-0.39, 0.29) is 23.6 Å². The lowest BCUT2D eigenvalue weighted by Gasteiger charge is -2.14. The Hall–Kier alpha value is -2.34. The van der Waals surface area contributed by atoms with Gasteiger partial charge in [-0.2, -0.15) is 18.3 Å². The lowest BCUT2D eigenvalue weighted by molar-refractivity contribution is -0.0478. The zero-order valence-electron chi connectivity index (χ0n) is 13.8. The number of aliphatic hydroxyl groups excluding tert-OH is 1. The number of amides is 1. The number of aromatic nitrogens is 3. The molecule has 11 heteroatoms. The maximum absolute atomic E-state index is 12.2. The molecule has 1 aliphatic rings. The topological polar surface area (TPSA) is 147 Å². The van der Waals surface area contributed by atoms with Crippen molar-refractivity contribution in [2.24, 2.45) is 5.73 Å². The van der Waals surface area contributed by atoms with Gasteiger partial charge in [0.2, 0.25) is 0 Å². The highest BCUT2D eigenvalue weighted by molar-refractivity contribution is 7.86. The Morgan fingerprint density at radius 2 is 2.12 bits per heavy atom. The summed E-state index contributed by atoms with van der Waals surface area (Å²) in [7, 11) is -3.97. The van der Waals surface area contributed by atoms with Crippen LogP contribution in [0.3, 0.4) is 0 Å². The van der Waals surface area contributed by atoms with E-state index in [0.717, 1.165) is 10.4 Å². The first kappa shape index (κ1) is 18.5. The van der Waals surface area contributed by atoms with Crippen molar-refractivity contribution in [1.82, 2.24) is 15.0 Å². The summed E-state index contributed by atoms with van der Waals surface area (Å²) < 4.78 is 34.9. The molecule has 10 nitrogen and oxygen atoms in total.